The Morgan fingerprint density at radius 2 is 1.70 bits per heavy atom. The summed E-state index contributed by atoms with van der Waals surface area (Å²) in [5, 5.41) is 0. The minimum Gasteiger partial charge on any atom is -0.497 e. The van der Waals surface area contributed by atoms with Gasteiger partial charge in [0.2, 0.25) is 5.91 Å². The monoisotopic (exact) mass is 366 g/mol. The van der Waals surface area contributed by atoms with E-state index < -0.39 is 0 Å². The molecule has 0 aliphatic carbocycles. The molecule has 2 aromatic rings. The van der Waals surface area contributed by atoms with Crippen LogP contribution in [-0.4, -0.2) is 49.9 Å². The van der Waals surface area contributed by atoms with Gasteiger partial charge in [-0.25, -0.2) is 0 Å². The van der Waals surface area contributed by atoms with Crippen LogP contribution in [0.2, 0.25) is 0 Å². The number of hydrogen-bond donors (Lipinski definition) is 0. The first kappa shape index (κ1) is 19.0. The standard InChI is InChI=1S/C22H26N2O3/c1-17(25)19-9-6-18(7-10-19)8-11-22(26)24-14-12-23(13-15-24)20-4-3-5-21(16-20)27-2/h3-7,9-10,16H,8,11-15H2,1-2H3. The predicted molar refractivity (Wildman–Crippen MR) is 107 cm³/mol. The molecular formula is C22H26N2O3. The second kappa shape index (κ2) is 8.71. The summed E-state index contributed by atoms with van der Waals surface area (Å²) in [5.41, 5.74) is 2.93. The van der Waals surface area contributed by atoms with Gasteiger partial charge in [0.15, 0.2) is 5.78 Å². The number of benzene rings is 2. The van der Waals surface area contributed by atoms with Crippen molar-refractivity contribution in [2.24, 2.45) is 0 Å². The number of carbonyl (C=O) groups is 2. The van der Waals surface area contributed by atoms with Crippen molar-refractivity contribution in [3.05, 3.63) is 59.7 Å². The van der Waals surface area contributed by atoms with Crippen LogP contribution < -0.4 is 9.64 Å². The molecule has 0 spiro atoms. The Balaban J connectivity index is 1.48. The molecule has 0 atom stereocenters. The molecule has 0 aromatic heterocycles. The number of anilines is 1. The zero-order chi connectivity index (χ0) is 19.2. The predicted octanol–water partition coefficient (Wildman–Crippen LogP) is 3.18. The highest BCUT2D eigenvalue weighted by molar-refractivity contribution is 5.94. The first-order chi connectivity index (χ1) is 13.1. The molecule has 142 valence electrons. The number of hydrogen-bond acceptors (Lipinski definition) is 4. The van der Waals surface area contributed by atoms with Crippen LogP contribution in [0, 0.1) is 0 Å². The van der Waals surface area contributed by atoms with Crippen LogP contribution in [0.5, 0.6) is 5.75 Å². The summed E-state index contributed by atoms with van der Waals surface area (Å²) in [6.45, 7) is 4.68. The highest BCUT2D eigenvalue weighted by atomic mass is 16.5. The van der Waals surface area contributed by atoms with Gasteiger partial charge >= 0.3 is 0 Å². The third kappa shape index (κ3) is 4.88. The average molecular weight is 366 g/mol. The number of ketones is 1. The number of rotatable bonds is 6. The summed E-state index contributed by atoms with van der Waals surface area (Å²) in [7, 11) is 1.67. The maximum atomic E-state index is 12.5. The SMILES string of the molecule is COc1cccc(N2CCN(C(=O)CCc3ccc(C(C)=O)cc3)CC2)c1. The van der Waals surface area contributed by atoms with Crippen molar-refractivity contribution in [1.29, 1.82) is 0 Å². The van der Waals surface area contributed by atoms with Crippen LogP contribution in [0.15, 0.2) is 48.5 Å². The molecule has 0 N–H and O–H groups in total. The Morgan fingerprint density at radius 1 is 1.00 bits per heavy atom. The normalized spacial score (nSPS) is 14.1. The molecule has 5 nitrogen and oxygen atoms in total. The Bertz CT molecular complexity index is 793. The molecule has 1 fully saturated rings. The number of aryl methyl sites for hydroxylation is 1. The lowest BCUT2D eigenvalue weighted by Gasteiger charge is -2.36. The fourth-order valence-corrected chi connectivity index (χ4v) is 3.34. The van der Waals surface area contributed by atoms with E-state index in [4.69, 9.17) is 4.74 Å². The first-order valence-corrected chi connectivity index (χ1v) is 9.33. The van der Waals surface area contributed by atoms with Crippen LogP contribution in [0.25, 0.3) is 0 Å². The third-order valence-electron chi connectivity index (χ3n) is 5.04. The van der Waals surface area contributed by atoms with Gasteiger partial charge in [0.05, 0.1) is 7.11 Å². The van der Waals surface area contributed by atoms with E-state index in [-0.39, 0.29) is 11.7 Å². The summed E-state index contributed by atoms with van der Waals surface area (Å²) in [6.07, 6.45) is 1.20. The van der Waals surface area contributed by atoms with Gasteiger partial charge < -0.3 is 14.5 Å². The molecule has 3 rings (SSSR count). The molecule has 27 heavy (non-hydrogen) atoms. The van der Waals surface area contributed by atoms with Crippen molar-refractivity contribution in [2.45, 2.75) is 19.8 Å². The number of Topliss-reactive ketones (excluding diaryl/α,β-unsaturated/α-hetero) is 1. The quantitative estimate of drug-likeness (QED) is 0.737. The van der Waals surface area contributed by atoms with Crippen molar-refractivity contribution in [1.82, 2.24) is 4.90 Å². The largest absolute Gasteiger partial charge is 0.497 e. The van der Waals surface area contributed by atoms with E-state index in [0.717, 1.165) is 43.2 Å². The third-order valence-corrected chi connectivity index (χ3v) is 5.04. The van der Waals surface area contributed by atoms with Gasteiger partial charge in [-0.2, -0.15) is 0 Å². The molecule has 0 saturated carbocycles. The minimum atomic E-state index is 0.0616. The summed E-state index contributed by atoms with van der Waals surface area (Å²) >= 11 is 0. The number of methoxy groups -OCH3 is 1. The van der Waals surface area contributed by atoms with Crippen LogP contribution in [0.4, 0.5) is 5.69 Å². The van der Waals surface area contributed by atoms with Crippen molar-refractivity contribution in [3.8, 4) is 5.75 Å². The number of carbonyl (C=O) groups excluding carboxylic acids is 2. The van der Waals surface area contributed by atoms with E-state index in [1.165, 1.54) is 0 Å². The van der Waals surface area contributed by atoms with Crippen LogP contribution >= 0.6 is 0 Å². The van der Waals surface area contributed by atoms with Crippen LogP contribution in [0.3, 0.4) is 0 Å². The topological polar surface area (TPSA) is 49.9 Å². The fraction of sp³-hybridized carbons (Fsp3) is 0.364. The van der Waals surface area contributed by atoms with Crippen LogP contribution in [-0.2, 0) is 11.2 Å². The molecule has 5 heteroatoms. The van der Waals surface area contributed by atoms with Gasteiger partial charge in [0.1, 0.15) is 5.75 Å². The van der Waals surface area contributed by atoms with Gasteiger partial charge in [0.25, 0.3) is 0 Å². The summed E-state index contributed by atoms with van der Waals surface area (Å²) in [4.78, 5) is 28.1. The van der Waals surface area contributed by atoms with Crippen molar-refractivity contribution < 1.29 is 14.3 Å². The molecular weight excluding hydrogens is 340 g/mol. The lowest BCUT2D eigenvalue weighted by atomic mass is 10.1. The second-order valence-electron chi connectivity index (χ2n) is 6.82. The van der Waals surface area contributed by atoms with E-state index >= 15 is 0 Å². The molecule has 1 aliphatic heterocycles. The van der Waals surface area contributed by atoms with Crippen LogP contribution in [0.1, 0.15) is 29.3 Å². The van der Waals surface area contributed by atoms with Gasteiger partial charge in [0, 0.05) is 49.9 Å². The maximum Gasteiger partial charge on any atom is 0.223 e. The number of nitrogens with zero attached hydrogens (tertiary/aromatic N) is 2. The lowest BCUT2D eigenvalue weighted by molar-refractivity contribution is -0.131. The summed E-state index contributed by atoms with van der Waals surface area (Å²) < 4.78 is 5.29. The number of amides is 1. The molecule has 0 bridgehead atoms. The molecule has 2 aromatic carbocycles. The summed E-state index contributed by atoms with van der Waals surface area (Å²) in [6, 6.07) is 15.6. The lowest BCUT2D eigenvalue weighted by Crippen LogP contribution is -2.48. The maximum absolute atomic E-state index is 12.5. The smallest absolute Gasteiger partial charge is 0.223 e. The molecule has 1 heterocycles. The van der Waals surface area contributed by atoms with E-state index in [2.05, 4.69) is 11.0 Å². The Kier molecular flexibility index (Phi) is 6.12. The van der Waals surface area contributed by atoms with E-state index in [0.29, 0.717) is 18.4 Å². The average Bonchev–Trinajstić information content (AvgIpc) is 2.72. The van der Waals surface area contributed by atoms with Crippen molar-refractivity contribution in [3.63, 3.8) is 0 Å². The molecule has 0 unspecified atom stereocenters. The Hall–Kier alpha value is -2.82. The van der Waals surface area contributed by atoms with Crippen molar-refractivity contribution >= 4 is 17.4 Å². The zero-order valence-electron chi connectivity index (χ0n) is 16.0. The highest BCUT2D eigenvalue weighted by Crippen LogP contribution is 2.22. The van der Waals surface area contributed by atoms with E-state index in [1.54, 1.807) is 14.0 Å². The summed E-state index contributed by atoms with van der Waals surface area (Å²) in [5.74, 6) is 1.10. The Labute approximate surface area is 160 Å². The van der Waals surface area contributed by atoms with Gasteiger partial charge in [-0.3, -0.25) is 9.59 Å². The second-order valence-corrected chi connectivity index (χ2v) is 6.82. The number of ether oxygens (including phenoxy) is 1. The van der Waals surface area contributed by atoms with E-state index in [9.17, 15) is 9.59 Å². The van der Waals surface area contributed by atoms with Gasteiger partial charge in [-0.1, -0.05) is 30.3 Å². The van der Waals surface area contributed by atoms with Gasteiger partial charge in [-0.05, 0) is 31.0 Å². The molecule has 1 aliphatic rings. The van der Waals surface area contributed by atoms with Crippen molar-refractivity contribution in [2.75, 3.05) is 38.2 Å². The molecule has 0 radical (unpaired) electrons. The van der Waals surface area contributed by atoms with Gasteiger partial charge in [-0.15, -0.1) is 0 Å². The first-order valence-electron chi connectivity index (χ1n) is 9.33. The van der Waals surface area contributed by atoms with E-state index in [1.807, 2.05) is 47.4 Å². The zero-order valence-corrected chi connectivity index (χ0v) is 16.0. The minimum absolute atomic E-state index is 0.0616. The fourth-order valence-electron chi connectivity index (χ4n) is 3.34. The Morgan fingerprint density at radius 3 is 2.33 bits per heavy atom. The number of piperazine rings is 1. The highest BCUT2D eigenvalue weighted by Gasteiger charge is 2.21. The molecule has 1 saturated heterocycles. The molecule has 1 amide bonds.